The first-order valence-electron chi connectivity index (χ1n) is 8.05. The van der Waals surface area contributed by atoms with Gasteiger partial charge in [0.1, 0.15) is 0 Å². The first kappa shape index (κ1) is 17.4. The number of amides is 1. The Morgan fingerprint density at radius 1 is 1.21 bits per heavy atom. The number of fused-ring (bicyclic) bond motifs is 3. The smallest absolute Gasteiger partial charge is 0.257 e. The Hall–Kier alpha value is -1.38. The molecule has 2 fully saturated rings. The van der Waals surface area contributed by atoms with E-state index >= 15 is 0 Å². The highest BCUT2D eigenvalue weighted by Gasteiger charge is 2.35. The van der Waals surface area contributed by atoms with Gasteiger partial charge in [-0.15, -0.1) is 16.8 Å². The van der Waals surface area contributed by atoms with Crippen LogP contribution in [0.1, 0.15) is 19.3 Å². The molecule has 9 heteroatoms. The van der Waals surface area contributed by atoms with Gasteiger partial charge in [-0.05, 0) is 31.4 Å². The predicted molar refractivity (Wildman–Crippen MR) is 93.5 cm³/mol. The molecule has 0 aromatic rings. The topological polar surface area (TPSA) is 82.1 Å². The third kappa shape index (κ3) is 3.22. The molecule has 1 N–H and O–H groups in total. The summed E-state index contributed by atoms with van der Waals surface area (Å²) in [5.74, 6) is 0.135. The molecule has 4 rings (SSSR count). The van der Waals surface area contributed by atoms with Gasteiger partial charge in [0.25, 0.3) is 15.9 Å². The van der Waals surface area contributed by atoms with Gasteiger partial charge in [-0.1, -0.05) is 0 Å². The molecule has 2 bridgehead atoms. The van der Waals surface area contributed by atoms with E-state index in [4.69, 9.17) is 0 Å². The number of allylic oxidation sites excluding steroid dienone is 2. The van der Waals surface area contributed by atoms with E-state index in [1.54, 1.807) is 23.3 Å². The van der Waals surface area contributed by atoms with E-state index in [0.29, 0.717) is 37.3 Å². The fourth-order valence-corrected chi connectivity index (χ4v) is 4.67. The lowest BCUT2D eigenvalue weighted by Crippen LogP contribution is -2.45. The van der Waals surface area contributed by atoms with Gasteiger partial charge in [0, 0.05) is 37.9 Å². The van der Waals surface area contributed by atoms with E-state index in [0.717, 1.165) is 12.8 Å². The summed E-state index contributed by atoms with van der Waals surface area (Å²) in [5.41, 5.74) is 0.383. The molecule has 2 atom stereocenters. The molecule has 4 aliphatic heterocycles. The minimum atomic E-state index is -3.48. The number of amidine groups is 1. The van der Waals surface area contributed by atoms with Crippen molar-refractivity contribution in [2.75, 3.05) is 25.4 Å². The molecule has 4 aliphatic rings. The van der Waals surface area contributed by atoms with Crippen LogP contribution in [0.25, 0.3) is 0 Å². The summed E-state index contributed by atoms with van der Waals surface area (Å²) < 4.78 is 27.5. The van der Waals surface area contributed by atoms with Crippen molar-refractivity contribution in [2.45, 2.75) is 31.3 Å². The number of sulfonamides is 1. The third-order valence-electron chi connectivity index (χ3n) is 4.90. The number of rotatable bonds is 1. The van der Waals surface area contributed by atoms with Crippen molar-refractivity contribution < 1.29 is 13.2 Å². The molecule has 0 spiro atoms. The molecule has 0 radical (unpaired) electrons. The van der Waals surface area contributed by atoms with Gasteiger partial charge in [0.05, 0.1) is 11.3 Å². The minimum absolute atomic E-state index is 0. The van der Waals surface area contributed by atoms with Crippen molar-refractivity contribution in [1.29, 1.82) is 0 Å². The molecule has 0 aromatic carbocycles. The maximum absolute atomic E-state index is 12.9. The van der Waals surface area contributed by atoms with E-state index < -0.39 is 10.0 Å². The van der Waals surface area contributed by atoms with Gasteiger partial charge >= 0.3 is 0 Å². The number of carbonyl (C=O) groups excluding carboxylic acids is 1. The summed E-state index contributed by atoms with van der Waals surface area (Å²) in [5, 5.41) is 3.55. The molecule has 132 valence electrons. The lowest BCUT2D eigenvalue weighted by atomic mass is 10.1. The zero-order valence-corrected chi connectivity index (χ0v) is 14.9. The van der Waals surface area contributed by atoms with Crippen LogP contribution in [0.2, 0.25) is 0 Å². The van der Waals surface area contributed by atoms with Crippen molar-refractivity contribution in [3.63, 3.8) is 0 Å². The molecule has 24 heavy (non-hydrogen) atoms. The predicted octanol–water partition coefficient (Wildman–Crippen LogP) is 0.259. The molecule has 4 heterocycles. The standard InChI is InChI=1S/C15H20N4O3S.ClH/c20-15(19-7-5-11-3-4-12(10-19)16-11)13-2-1-6-18-8-9-23(21,22)17-14(13)18;/h1-2,6,11-12,16H,3-5,7-10H2;1H. The molecule has 0 aliphatic carbocycles. The Kier molecular flexibility index (Phi) is 4.72. The summed E-state index contributed by atoms with van der Waals surface area (Å²) >= 11 is 0. The molecular formula is C15H21ClN4O3S. The van der Waals surface area contributed by atoms with E-state index in [9.17, 15) is 13.2 Å². The molecular weight excluding hydrogens is 352 g/mol. The van der Waals surface area contributed by atoms with Gasteiger partial charge in [0.2, 0.25) is 0 Å². The minimum Gasteiger partial charge on any atom is -0.337 e. The van der Waals surface area contributed by atoms with Crippen LogP contribution in [0.5, 0.6) is 0 Å². The average Bonchev–Trinajstić information content (AvgIpc) is 2.84. The number of likely N-dealkylation sites (tertiary alicyclic amines) is 1. The van der Waals surface area contributed by atoms with Crippen LogP contribution in [0, 0.1) is 0 Å². The molecule has 2 saturated heterocycles. The van der Waals surface area contributed by atoms with Gasteiger partial charge in [-0.2, -0.15) is 0 Å². The zero-order valence-electron chi connectivity index (χ0n) is 13.2. The monoisotopic (exact) mass is 372 g/mol. The lowest BCUT2D eigenvalue weighted by Gasteiger charge is -2.31. The van der Waals surface area contributed by atoms with Crippen LogP contribution in [0.4, 0.5) is 0 Å². The van der Waals surface area contributed by atoms with Crippen LogP contribution in [0.3, 0.4) is 0 Å². The number of hydrogen-bond acceptors (Lipinski definition) is 5. The van der Waals surface area contributed by atoms with Gasteiger partial charge in [0.15, 0.2) is 5.84 Å². The van der Waals surface area contributed by atoms with Gasteiger partial charge in [-0.25, -0.2) is 8.42 Å². The van der Waals surface area contributed by atoms with E-state index in [1.165, 1.54) is 6.42 Å². The van der Waals surface area contributed by atoms with Crippen LogP contribution < -0.4 is 5.32 Å². The fourth-order valence-electron chi connectivity index (χ4n) is 3.68. The van der Waals surface area contributed by atoms with Gasteiger partial charge < -0.3 is 15.1 Å². The summed E-state index contributed by atoms with van der Waals surface area (Å²) in [4.78, 5) is 16.5. The summed E-state index contributed by atoms with van der Waals surface area (Å²) in [6.45, 7) is 1.72. The van der Waals surface area contributed by atoms with Crippen LogP contribution in [-0.2, 0) is 14.8 Å². The SMILES string of the molecule is Cl.O=C(C1=CC=CN2CCS(=O)(=O)N=C12)N1CCC2CCC(C1)N2. The number of carbonyl (C=O) groups is 1. The maximum Gasteiger partial charge on any atom is 0.257 e. The molecule has 2 unspecified atom stereocenters. The number of hydrogen-bond donors (Lipinski definition) is 1. The first-order chi connectivity index (χ1) is 11.0. The molecule has 1 amide bonds. The van der Waals surface area contributed by atoms with E-state index in [1.807, 2.05) is 4.90 Å². The molecule has 0 aromatic heterocycles. The molecule has 0 saturated carbocycles. The Labute approximate surface area is 147 Å². The van der Waals surface area contributed by atoms with Crippen molar-refractivity contribution in [3.05, 3.63) is 23.9 Å². The number of nitrogens with one attached hydrogen (secondary N) is 1. The number of nitrogens with zero attached hydrogens (tertiary/aromatic N) is 3. The third-order valence-corrected chi connectivity index (χ3v) is 6.05. The van der Waals surface area contributed by atoms with Crippen LogP contribution in [-0.4, -0.2) is 67.4 Å². The summed E-state index contributed by atoms with van der Waals surface area (Å²) in [7, 11) is -3.48. The van der Waals surface area contributed by atoms with Crippen molar-refractivity contribution in [2.24, 2.45) is 4.40 Å². The Morgan fingerprint density at radius 2 is 2.00 bits per heavy atom. The Balaban J connectivity index is 0.00000169. The quantitative estimate of drug-likeness (QED) is 0.714. The Bertz CT molecular complexity index is 731. The second-order valence-corrected chi connectivity index (χ2v) is 8.25. The fraction of sp³-hybridized carbons (Fsp3) is 0.600. The second-order valence-electron chi connectivity index (χ2n) is 6.49. The normalized spacial score (nSPS) is 30.7. The maximum atomic E-state index is 12.9. The summed E-state index contributed by atoms with van der Waals surface area (Å²) in [6.07, 6.45) is 8.45. The average molecular weight is 373 g/mol. The second kappa shape index (κ2) is 6.50. The zero-order chi connectivity index (χ0) is 16.0. The van der Waals surface area contributed by atoms with Crippen LogP contribution in [0.15, 0.2) is 28.3 Å². The molecule has 7 nitrogen and oxygen atoms in total. The van der Waals surface area contributed by atoms with E-state index in [2.05, 4.69) is 9.71 Å². The highest BCUT2D eigenvalue weighted by molar-refractivity contribution is 7.90. The summed E-state index contributed by atoms with van der Waals surface area (Å²) in [6, 6.07) is 0.848. The van der Waals surface area contributed by atoms with Gasteiger partial charge in [-0.3, -0.25) is 4.79 Å². The lowest BCUT2D eigenvalue weighted by molar-refractivity contribution is -0.126. The number of halogens is 1. The van der Waals surface area contributed by atoms with Crippen LogP contribution >= 0.6 is 12.4 Å². The van der Waals surface area contributed by atoms with Crippen molar-refractivity contribution in [3.8, 4) is 0 Å². The van der Waals surface area contributed by atoms with E-state index in [-0.39, 0.29) is 29.9 Å². The largest absolute Gasteiger partial charge is 0.337 e. The highest BCUT2D eigenvalue weighted by atomic mass is 35.5. The van der Waals surface area contributed by atoms with Crippen molar-refractivity contribution in [1.82, 2.24) is 15.1 Å². The Morgan fingerprint density at radius 3 is 2.83 bits per heavy atom. The first-order valence-corrected chi connectivity index (χ1v) is 9.66. The van der Waals surface area contributed by atoms with Crippen molar-refractivity contribution >= 4 is 34.2 Å². The highest BCUT2D eigenvalue weighted by Crippen LogP contribution is 2.24.